The lowest BCUT2D eigenvalue weighted by Crippen LogP contribution is -2.32. The first-order valence-corrected chi connectivity index (χ1v) is 5.22. The largest absolute Gasteiger partial charge is 0.618 e. The maximum absolute atomic E-state index is 11.5. The molecule has 0 spiro atoms. The summed E-state index contributed by atoms with van der Waals surface area (Å²) < 4.78 is 1.87. The highest BCUT2D eigenvalue weighted by Gasteiger charge is 2.35. The zero-order valence-corrected chi connectivity index (χ0v) is 9.39. The number of pyridine rings is 1. The van der Waals surface area contributed by atoms with Crippen LogP contribution in [-0.4, -0.2) is 0 Å². The van der Waals surface area contributed by atoms with Gasteiger partial charge in [-0.1, -0.05) is 13.8 Å². The van der Waals surface area contributed by atoms with E-state index in [4.69, 9.17) is 0 Å². The first-order chi connectivity index (χ1) is 6.00. The van der Waals surface area contributed by atoms with Crippen LogP contribution in [0.2, 0.25) is 0 Å². The second kappa shape index (κ2) is 2.71. The Morgan fingerprint density at radius 1 is 1.54 bits per heavy atom. The molecule has 1 aromatic rings. The minimum atomic E-state index is 0.158. The fourth-order valence-electron chi connectivity index (χ4n) is 1.96. The number of fused-ring (bicyclic) bond motifs is 1. The topological polar surface area (TPSA) is 26.9 Å². The number of rotatable bonds is 0. The molecule has 0 unspecified atom stereocenters. The van der Waals surface area contributed by atoms with Crippen molar-refractivity contribution >= 4 is 15.9 Å². The third kappa shape index (κ3) is 1.35. The van der Waals surface area contributed by atoms with Crippen molar-refractivity contribution in [3.63, 3.8) is 0 Å². The average Bonchev–Trinajstić information content (AvgIpc) is 2.28. The molecule has 1 aromatic heterocycles. The Bertz CT molecular complexity index is 360. The van der Waals surface area contributed by atoms with E-state index in [0.717, 1.165) is 27.7 Å². The van der Waals surface area contributed by atoms with Crippen molar-refractivity contribution in [1.82, 2.24) is 0 Å². The molecule has 1 heterocycles. The number of hydrogen-bond donors (Lipinski definition) is 0. The molecule has 0 aliphatic heterocycles. The van der Waals surface area contributed by atoms with Gasteiger partial charge < -0.3 is 5.21 Å². The van der Waals surface area contributed by atoms with Crippen molar-refractivity contribution in [2.45, 2.75) is 32.1 Å². The summed E-state index contributed by atoms with van der Waals surface area (Å²) in [4.78, 5) is 0. The molecule has 0 saturated carbocycles. The molecule has 0 fully saturated rings. The fraction of sp³-hybridized carbons (Fsp3) is 0.500. The van der Waals surface area contributed by atoms with E-state index in [9.17, 15) is 5.21 Å². The molecule has 2 rings (SSSR count). The highest BCUT2D eigenvalue weighted by Crippen LogP contribution is 2.37. The van der Waals surface area contributed by atoms with E-state index in [0.29, 0.717) is 0 Å². The third-order valence-electron chi connectivity index (χ3n) is 2.82. The third-order valence-corrected chi connectivity index (χ3v) is 3.25. The van der Waals surface area contributed by atoms with Crippen molar-refractivity contribution in [1.29, 1.82) is 0 Å². The van der Waals surface area contributed by atoms with Gasteiger partial charge in [-0.2, -0.15) is 4.73 Å². The molecular weight excluding hydrogens is 230 g/mol. The summed E-state index contributed by atoms with van der Waals surface area (Å²) in [5.41, 5.74) is 2.29. The predicted octanol–water partition coefficient (Wildman–Crippen LogP) is 2.31. The Morgan fingerprint density at radius 3 is 2.92 bits per heavy atom. The summed E-state index contributed by atoms with van der Waals surface area (Å²) in [5.74, 6) is 0. The number of aromatic nitrogens is 1. The van der Waals surface area contributed by atoms with Crippen LogP contribution in [-0.2, 0) is 11.8 Å². The number of hydrogen-bond acceptors (Lipinski definition) is 1. The average molecular weight is 242 g/mol. The van der Waals surface area contributed by atoms with E-state index in [1.165, 1.54) is 5.56 Å². The van der Waals surface area contributed by atoms with Crippen LogP contribution in [0, 0.1) is 5.21 Å². The molecule has 2 nitrogen and oxygen atoms in total. The van der Waals surface area contributed by atoms with Gasteiger partial charge in [0.2, 0.25) is 0 Å². The minimum Gasteiger partial charge on any atom is -0.618 e. The highest BCUT2D eigenvalue weighted by molar-refractivity contribution is 9.10. The van der Waals surface area contributed by atoms with Gasteiger partial charge in [-0.15, -0.1) is 0 Å². The second-order valence-electron chi connectivity index (χ2n) is 4.23. The normalized spacial score (nSPS) is 18.7. The van der Waals surface area contributed by atoms with Gasteiger partial charge in [0.15, 0.2) is 11.9 Å². The lowest BCUT2D eigenvalue weighted by Gasteiger charge is -2.17. The van der Waals surface area contributed by atoms with Crippen molar-refractivity contribution in [2.75, 3.05) is 0 Å². The Morgan fingerprint density at radius 2 is 2.23 bits per heavy atom. The van der Waals surface area contributed by atoms with Crippen LogP contribution in [0.1, 0.15) is 31.5 Å². The molecule has 13 heavy (non-hydrogen) atoms. The second-order valence-corrected chi connectivity index (χ2v) is 5.14. The van der Waals surface area contributed by atoms with Gasteiger partial charge in [-0.25, -0.2) is 0 Å². The Hall–Kier alpha value is -0.570. The van der Waals surface area contributed by atoms with E-state index in [1.54, 1.807) is 6.20 Å². The summed E-state index contributed by atoms with van der Waals surface area (Å²) in [5, 5.41) is 11.5. The number of halogens is 1. The molecule has 0 aromatic carbocycles. The SMILES string of the molecule is CC1(C)CCc2c1cc(Br)c[n+]2[O-]. The van der Waals surface area contributed by atoms with Crippen molar-refractivity contribution in [3.8, 4) is 0 Å². The maximum atomic E-state index is 11.5. The number of nitrogens with zero attached hydrogens (tertiary/aromatic N) is 1. The standard InChI is InChI=1S/C10H12BrNO/c1-10(2)4-3-9-8(10)5-7(11)6-12(9)13/h5-6H,3-4H2,1-2H3. The van der Waals surface area contributed by atoms with Crippen LogP contribution in [0.15, 0.2) is 16.7 Å². The molecule has 0 bridgehead atoms. The molecule has 3 heteroatoms. The van der Waals surface area contributed by atoms with Gasteiger partial charge in [0, 0.05) is 12.0 Å². The lowest BCUT2D eigenvalue weighted by molar-refractivity contribution is -0.614. The van der Waals surface area contributed by atoms with Crippen LogP contribution in [0.25, 0.3) is 0 Å². The van der Waals surface area contributed by atoms with E-state index in [1.807, 2.05) is 0 Å². The van der Waals surface area contributed by atoms with Gasteiger partial charge in [-0.05, 0) is 33.8 Å². The van der Waals surface area contributed by atoms with E-state index in [2.05, 4.69) is 35.8 Å². The van der Waals surface area contributed by atoms with Gasteiger partial charge in [0.1, 0.15) is 0 Å². The van der Waals surface area contributed by atoms with Crippen LogP contribution in [0.4, 0.5) is 0 Å². The van der Waals surface area contributed by atoms with Gasteiger partial charge in [-0.3, -0.25) is 0 Å². The summed E-state index contributed by atoms with van der Waals surface area (Å²) in [6, 6.07) is 2.07. The van der Waals surface area contributed by atoms with Gasteiger partial charge >= 0.3 is 0 Å². The van der Waals surface area contributed by atoms with Crippen molar-refractivity contribution in [2.24, 2.45) is 0 Å². The molecule has 0 amide bonds. The molecule has 0 radical (unpaired) electrons. The van der Waals surface area contributed by atoms with Crippen LogP contribution < -0.4 is 4.73 Å². The molecule has 1 aliphatic rings. The zero-order valence-electron chi connectivity index (χ0n) is 7.80. The first-order valence-electron chi connectivity index (χ1n) is 4.43. The summed E-state index contributed by atoms with van der Waals surface area (Å²) in [6.07, 6.45) is 3.56. The summed E-state index contributed by atoms with van der Waals surface area (Å²) in [7, 11) is 0. The van der Waals surface area contributed by atoms with E-state index < -0.39 is 0 Å². The molecular formula is C10H12BrNO. The summed E-state index contributed by atoms with van der Waals surface area (Å²) in [6.45, 7) is 4.37. The van der Waals surface area contributed by atoms with Crippen molar-refractivity contribution in [3.05, 3.63) is 33.2 Å². The zero-order chi connectivity index (χ0) is 9.64. The maximum Gasteiger partial charge on any atom is 0.196 e. The van der Waals surface area contributed by atoms with Crippen LogP contribution in [0.3, 0.4) is 0 Å². The molecule has 0 saturated heterocycles. The minimum absolute atomic E-state index is 0.158. The van der Waals surface area contributed by atoms with E-state index in [-0.39, 0.29) is 5.41 Å². The molecule has 1 aliphatic carbocycles. The van der Waals surface area contributed by atoms with Gasteiger partial charge in [0.05, 0.1) is 4.47 Å². The van der Waals surface area contributed by atoms with Crippen molar-refractivity contribution < 1.29 is 4.73 Å². The van der Waals surface area contributed by atoms with Gasteiger partial charge in [0.25, 0.3) is 0 Å². The highest BCUT2D eigenvalue weighted by atomic mass is 79.9. The first kappa shape index (κ1) is 9.00. The fourth-order valence-corrected chi connectivity index (χ4v) is 2.38. The summed E-state index contributed by atoms with van der Waals surface area (Å²) >= 11 is 3.35. The Kier molecular flexibility index (Phi) is 1.88. The quantitative estimate of drug-likeness (QED) is 0.506. The van der Waals surface area contributed by atoms with E-state index >= 15 is 0 Å². The predicted molar refractivity (Wildman–Crippen MR) is 54.4 cm³/mol. The molecule has 0 N–H and O–H groups in total. The monoisotopic (exact) mass is 241 g/mol. The van der Waals surface area contributed by atoms with Crippen LogP contribution in [0.5, 0.6) is 0 Å². The Labute approximate surface area is 86.3 Å². The lowest BCUT2D eigenvalue weighted by atomic mass is 9.87. The molecule has 70 valence electrons. The molecule has 0 atom stereocenters. The van der Waals surface area contributed by atoms with Crippen LogP contribution >= 0.6 is 15.9 Å². The Balaban J connectivity index is 2.65. The smallest absolute Gasteiger partial charge is 0.196 e.